The van der Waals surface area contributed by atoms with Crippen LogP contribution in [0.5, 0.6) is 0 Å². The molecule has 0 saturated heterocycles. The summed E-state index contributed by atoms with van der Waals surface area (Å²) in [5.41, 5.74) is 4.94. The van der Waals surface area contributed by atoms with Crippen LogP contribution >= 0.6 is 11.6 Å². The molecule has 0 fully saturated rings. The molecular weight excluding hydrogens is 362 g/mol. The van der Waals surface area contributed by atoms with E-state index in [2.05, 4.69) is 25.5 Å². The number of H-pyrrole nitrogens is 1. The molecule has 0 aliphatic carbocycles. The Balaban J connectivity index is 1.66. The van der Waals surface area contributed by atoms with Crippen molar-refractivity contribution in [3.05, 3.63) is 76.8 Å². The zero-order chi connectivity index (χ0) is 18.8. The van der Waals surface area contributed by atoms with E-state index in [0.29, 0.717) is 22.8 Å². The third kappa shape index (κ3) is 3.39. The number of aromatic amines is 1. The van der Waals surface area contributed by atoms with Gasteiger partial charge in [-0.1, -0.05) is 23.7 Å². The zero-order valence-corrected chi connectivity index (χ0v) is 15.3. The SMILES string of the molecule is Cc1ccc(C(=O)NCc2ccc(Cl)nc2)c2[nH]nc(-c3ccncc3)c12. The topological polar surface area (TPSA) is 83.6 Å². The van der Waals surface area contributed by atoms with Gasteiger partial charge in [0, 0.05) is 36.1 Å². The standard InChI is InChI=1S/C20H16ClN5O/c1-12-2-4-15(20(27)24-11-13-3-5-16(21)23-10-13)19-17(12)18(25-26-19)14-6-8-22-9-7-14/h2-10H,11H2,1H3,(H,24,27)(H,25,26). The summed E-state index contributed by atoms with van der Waals surface area (Å²) in [4.78, 5) is 20.8. The first-order valence-corrected chi connectivity index (χ1v) is 8.78. The quantitative estimate of drug-likeness (QED) is 0.528. The largest absolute Gasteiger partial charge is 0.348 e. The van der Waals surface area contributed by atoms with Crippen LogP contribution in [0.2, 0.25) is 5.15 Å². The monoisotopic (exact) mass is 377 g/mol. The van der Waals surface area contributed by atoms with Crippen molar-refractivity contribution in [3.8, 4) is 11.3 Å². The van der Waals surface area contributed by atoms with E-state index >= 15 is 0 Å². The number of rotatable bonds is 4. The van der Waals surface area contributed by atoms with Crippen LogP contribution in [-0.2, 0) is 6.54 Å². The molecule has 0 spiro atoms. The highest BCUT2D eigenvalue weighted by atomic mass is 35.5. The average Bonchev–Trinajstić information content (AvgIpc) is 3.14. The fourth-order valence-corrected chi connectivity index (χ4v) is 3.10. The van der Waals surface area contributed by atoms with Gasteiger partial charge in [-0.3, -0.25) is 14.9 Å². The number of aromatic nitrogens is 4. The number of benzene rings is 1. The van der Waals surface area contributed by atoms with Gasteiger partial charge < -0.3 is 5.32 Å². The highest BCUT2D eigenvalue weighted by Crippen LogP contribution is 2.30. The molecule has 4 aromatic rings. The van der Waals surface area contributed by atoms with E-state index in [1.807, 2.05) is 37.3 Å². The summed E-state index contributed by atoms with van der Waals surface area (Å²) in [6, 6.07) is 11.1. The Bertz CT molecular complexity index is 1110. The summed E-state index contributed by atoms with van der Waals surface area (Å²) in [5.74, 6) is -0.181. The number of carbonyl (C=O) groups excluding carboxylic acids is 1. The van der Waals surface area contributed by atoms with Crippen LogP contribution in [0.1, 0.15) is 21.5 Å². The Morgan fingerprint density at radius 2 is 1.96 bits per heavy atom. The first kappa shape index (κ1) is 17.2. The molecule has 27 heavy (non-hydrogen) atoms. The van der Waals surface area contributed by atoms with Crippen LogP contribution in [0.4, 0.5) is 0 Å². The van der Waals surface area contributed by atoms with E-state index in [1.54, 1.807) is 24.7 Å². The summed E-state index contributed by atoms with van der Waals surface area (Å²) >= 11 is 5.79. The number of nitrogens with zero attached hydrogens (tertiary/aromatic N) is 3. The third-order valence-corrected chi connectivity index (χ3v) is 4.59. The van der Waals surface area contributed by atoms with E-state index < -0.39 is 0 Å². The number of nitrogens with one attached hydrogen (secondary N) is 2. The van der Waals surface area contributed by atoms with Crippen molar-refractivity contribution in [2.24, 2.45) is 0 Å². The van der Waals surface area contributed by atoms with Gasteiger partial charge in [-0.25, -0.2) is 4.98 Å². The van der Waals surface area contributed by atoms with Gasteiger partial charge in [0.1, 0.15) is 10.8 Å². The first-order valence-electron chi connectivity index (χ1n) is 8.40. The zero-order valence-electron chi connectivity index (χ0n) is 14.5. The van der Waals surface area contributed by atoms with E-state index in [4.69, 9.17) is 11.6 Å². The summed E-state index contributed by atoms with van der Waals surface area (Å²) < 4.78 is 0. The lowest BCUT2D eigenvalue weighted by Crippen LogP contribution is -2.23. The second kappa shape index (κ2) is 7.17. The molecule has 7 heteroatoms. The summed E-state index contributed by atoms with van der Waals surface area (Å²) in [6.45, 7) is 2.37. The maximum atomic E-state index is 12.7. The Morgan fingerprint density at radius 3 is 2.70 bits per heavy atom. The van der Waals surface area contributed by atoms with Gasteiger partial charge in [0.05, 0.1) is 11.1 Å². The number of aryl methyl sites for hydroxylation is 1. The van der Waals surface area contributed by atoms with Crippen LogP contribution in [0.15, 0.2) is 55.0 Å². The number of hydrogen-bond donors (Lipinski definition) is 2. The molecule has 0 unspecified atom stereocenters. The van der Waals surface area contributed by atoms with Gasteiger partial charge in [0.2, 0.25) is 0 Å². The van der Waals surface area contributed by atoms with Gasteiger partial charge in [-0.05, 0) is 42.3 Å². The third-order valence-electron chi connectivity index (χ3n) is 4.37. The summed E-state index contributed by atoms with van der Waals surface area (Å²) in [7, 11) is 0. The van der Waals surface area contributed by atoms with Crippen molar-refractivity contribution in [3.63, 3.8) is 0 Å². The van der Waals surface area contributed by atoms with Crippen LogP contribution in [0, 0.1) is 6.92 Å². The van der Waals surface area contributed by atoms with E-state index in [-0.39, 0.29) is 5.91 Å². The predicted octanol–water partition coefficient (Wildman–Crippen LogP) is 3.91. The maximum absolute atomic E-state index is 12.7. The Morgan fingerprint density at radius 1 is 1.15 bits per heavy atom. The lowest BCUT2D eigenvalue weighted by atomic mass is 10.0. The first-order chi connectivity index (χ1) is 13.1. The van der Waals surface area contributed by atoms with Gasteiger partial charge >= 0.3 is 0 Å². The molecule has 3 heterocycles. The van der Waals surface area contributed by atoms with Gasteiger partial charge in [0.25, 0.3) is 5.91 Å². The number of hydrogen-bond acceptors (Lipinski definition) is 4. The molecule has 0 aliphatic heterocycles. The van der Waals surface area contributed by atoms with Crippen LogP contribution in [-0.4, -0.2) is 26.1 Å². The molecule has 0 atom stereocenters. The van der Waals surface area contributed by atoms with Crippen LogP contribution in [0.3, 0.4) is 0 Å². The molecule has 1 amide bonds. The van der Waals surface area contributed by atoms with Crippen molar-refractivity contribution in [1.82, 2.24) is 25.5 Å². The molecule has 0 bridgehead atoms. The molecular formula is C20H16ClN5O. The number of pyridine rings is 2. The molecule has 134 valence electrons. The van der Waals surface area contributed by atoms with Crippen LogP contribution in [0.25, 0.3) is 22.2 Å². The van der Waals surface area contributed by atoms with Crippen molar-refractivity contribution in [1.29, 1.82) is 0 Å². The van der Waals surface area contributed by atoms with Crippen molar-refractivity contribution in [2.75, 3.05) is 0 Å². The number of fused-ring (bicyclic) bond motifs is 1. The predicted molar refractivity (Wildman–Crippen MR) is 104 cm³/mol. The normalized spacial score (nSPS) is 10.9. The van der Waals surface area contributed by atoms with E-state index in [1.165, 1.54) is 0 Å². The average molecular weight is 378 g/mol. The fraction of sp³-hybridized carbons (Fsp3) is 0.100. The van der Waals surface area contributed by atoms with Crippen LogP contribution < -0.4 is 5.32 Å². The summed E-state index contributed by atoms with van der Waals surface area (Å²) in [5, 5.41) is 11.7. The maximum Gasteiger partial charge on any atom is 0.253 e. The Labute approximate surface area is 160 Å². The van der Waals surface area contributed by atoms with E-state index in [9.17, 15) is 4.79 Å². The minimum Gasteiger partial charge on any atom is -0.348 e. The molecule has 3 aromatic heterocycles. The van der Waals surface area contributed by atoms with Gasteiger partial charge in [-0.15, -0.1) is 0 Å². The lowest BCUT2D eigenvalue weighted by Gasteiger charge is -2.08. The molecule has 2 N–H and O–H groups in total. The minimum absolute atomic E-state index is 0.181. The van der Waals surface area contributed by atoms with E-state index in [0.717, 1.165) is 27.8 Å². The second-order valence-electron chi connectivity index (χ2n) is 6.16. The number of carbonyl (C=O) groups is 1. The summed E-state index contributed by atoms with van der Waals surface area (Å²) in [6.07, 6.45) is 5.09. The second-order valence-corrected chi connectivity index (χ2v) is 6.55. The Kier molecular flexibility index (Phi) is 4.56. The molecule has 1 aromatic carbocycles. The number of amides is 1. The molecule has 0 aliphatic rings. The fourth-order valence-electron chi connectivity index (χ4n) is 2.99. The van der Waals surface area contributed by atoms with Gasteiger partial charge in [0.15, 0.2) is 0 Å². The lowest BCUT2D eigenvalue weighted by molar-refractivity contribution is 0.0952. The van der Waals surface area contributed by atoms with Crippen molar-refractivity contribution < 1.29 is 4.79 Å². The smallest absolute Gasteiger partial charge is 0.253 e. The van der Waals surface area contributed by atoms with Gasteiger partial charge in [-0.2, -0.15) is 5.10 Å². The molecule has 0 radical (unpaired) electrons. The molecule has 6 nitrogen and oxygen atoms in total. The Hall–Kier alpha value is -3.25. The van der Waals surface area contributed by atoms with Crippen molar-refractivity contribution in [2.45, 2.75) is 13.5 Å². The number of halogens is 1. The highest BCUT2D eigenvalue weighted by molar-refractivity contribution is 6.29. The van der Waals surface area contributed by atoms with Crippen molar-refractivity contribution >= 4 is 28.4 Å². The molecule has 0 saturated carbocycles. The highest BCUT2D eigenvalue weighted by Gasteiger charge is 2.17. The minimum atomic E-state index is -0.181. The molecule has 4 rings (SSSR count).